The fourth-order valence-corrected chi connectivity index (χ4v) is 2.66. The number of amides is 1. The van der Waals surface area contributed by atoms with Crippen molar-refractivity contribution < 1.29 is 4.79 Å². The molecule has 2 unspecified atom stereocenters. The molecule has 0 spiro atoms. The molecule has 1 aliphatic rings. The van der Waals surface area contributed by atoms with E-state index in [1.807, 2.05) is 0 Å². The Hall–Kier alpha value is -1.51. The summed E-state index contributed by atoms with van der Waals surface area (Å²) in [4.78, 5) is 12.0. The minimum Gasteiger partial charge on any atom is -0.399 e. The Balaban J connectivity index is 1.86. The van der Waals surface area contributed by atoms with Crippen LogP contribution in [0.15, 0.2) is 24.3 Å². The molecular formula is C15H22N2O. The van der Waals surface area contributed by atoms with E-state index in [1.54, 1.807) is 24.3 Å². The van der Waals surface area contributed by atoms with E-state index in [-0.39, 0.29) is 5.91 Å². The number of carbonyl (C=O) groups excluding carboxylic acids is 1. The molecule has 2 atom stereocenters. The average Bonchev–Trinajstić information content (AvgIpc) is 2.38. The van der Waals surface area contributed by atoms with E-state index < -0.39 is 0 Å². The van der Waals surface area contributed by atoms with Crippen LogP contribution in [0.3, 0.4) is 0 Å². The third kappa shape index (κ3) is 3.25. The van der Waals surface area contributed by atoms with Gasteiger partial charge in [0.05, 0.1) is 0 Å². The maximum absolute atomic E-state index is 12.0. The third-order valence-corrected chi connectivity index (χ3v) is 3.99. The second-order valence-electron chi connectivity index (χ2n) is 5.35. The van der Waals surface area contributed by atoms with Crippen LogP contribution in [0.1, 0.15) is 43.0 Å². The van der Waals surface area contributed by atoms with Crippen molar-refractivity contribution in [2.75, 3.05) is 12.3 Å². The van der Waals surface area contributed by atoms with Crippen LogP contribution in [-0.4, -0.2) is 12.5 Å². The lowest BCUT2D eigenvalue weighted by atomic mass is 9.80. The standard InChI is InChI=1S/C15H22N2O/c1-11-4-2-3-5-13(11)10-17-15(18)12-6-8-14(16)9-7-12/h6-9,11,13H,2-5,10,16H2,1H3,(H,17,18). The molecule has 1 aliphatic carbocycles. The Morgan fingerprint density at radius 2 is 1.94 bits per heavy atom. The molecule has 1 aromatic rings. The summed E-state index contributed by atoms with van der Waals surface area (Å²) in [5.41, 5.74) is 6.98. The summed E-state index contributed by atoms with van der Waals surface area (Å²) in [5.74, 6) is 1.37. The predicted octanol–water partition coefficient (Wildman–Crippen LogP) is 2.82. The molecule has 1 fully saturated rings. The van der Waals surface area contributed by atoms with Crippen molar-refractivity contribution in [3.05, 3.63) is 29.8 Å². The molecule has 0 saturated heterocycles. The quantitative estimate of drug-likeness (QED) is 0.806. The normalized spacial score (nSPS) is 23.6. The molecule has 0 bridgehead atoms. The molecule has 2 rings (SSSR count). The van der Waals surface area contributed by atoms with Gasteiger partial charge in [0, 0.05) is 17.8 Å². The Morgan fingerprint density at radius 3 is 2.61 bits per heavy atom. The highest BCUT2D eigenvalue weighted by molar-refractivity contribution is 5.94. The summed E-state index contributed by atoms with van der Waals surface area (Å²) in [6.45, 7) is 3.09. The van der Waals surface area contributed by atoms with Gasteiger partial charge in [-0.15, -0.1) is 0 Å². The maximum Gasteiger partial charge on any atom is 0.251 e. The van der Waals surface area contributed by atoms with Gasteiger partial charge in [0.1, 0.15) is 0 Å². The molecule has 0 heterocycles. The second kappa shape index (κ2) is 5.89. The monoisotopic (exact) mass is 246 g/mol. The molecule has 0 aliphatic heterocycles. The maximum atomic E-state index is 12.0. The SMILES string of the molecule is CC1CCCCC1CNC(=O)c1ccc(N)cc1. The first-order valence-electron chi connectivity index (χ1n) is 6.80. The highest BCUT2D eigenvalue weighted by Gasteiger charge is 2.21. The Kier molecular flexibility index (Phi) is 4.24. The number of rotatable bonds is 3. The highest BCUT2D eigenvalue weighted by atomic mass is 16.1. The number of anilines is 1. The third-order valence-electron chi connectivity index (χ3n) is 3.99. The van der Waals surface area contributed by atoms with Gasteiger partial charge < -0.3 is 11.1 Å². The van der Waals surface area contributed by atoms with Crippen molar-refractivity contribution in [3.63, 3.8) is 0 Å². The van der Waals surface area contributed by atoms with Crippen LogP contribution in [0.25, 0.3) is 0 Å². The molecule has 0 radical (unpaired) electrons. The summed E-state index contributed by atoms with van der Waals surface area (Å²) in [6, 6.07) is 7.07. The molecule has 98 valence electrons. The summed E-state index contributed by atoms with van der Waals surface area (Å²) in [6.07, 6.45) is 5.17. The van der Waals surface area contributed by atoms with E-state index in [1.165, 1.54) is 25.7 Å². The summed E-state index contributed by atoms with van der Waals surface area (Å²) >= 11 is 0. The minimum absolute atomic E-state index is 0.00720. The van der Waals surface area contributed by atoms with Crippen LogP contribution in [0.2, 0.25) is 0 Å². The van der Waals surface area contributed by atoms with E-state index >= 15 is 0 Å². The molecule has 3 heteroatoms. The second-order valence-corrected chi connectivity index (χ2v) is 5.35. The molecular weight excluding hydrogens is 224 g/mol. The fraction of sp³-hybridized carbons (Fsp3) is 0.533. The van der Waals surface area contributed by atoms with E-state index in [9.17, 15) is 4.79 Å². The van der Waals surface area contributed by atoms with Crippen molar-refractivity contribution in [2.24, 2.45) is 11.8 Å². The number of nitrogen functional groups attached to an aromatic ring is 1. The molecule has 3 N–H and O–H groups in total. The van der Waals surface area contributed by atoms with Crippen LogP contribution in [0, 0.1) is 11.8 Å². The molecule has 1 saturated carbocycles. The van der Waals surface area contributed by atoms with E-state index in [2.05, 4.69) is 12.2 Å². The predicted molar refractivity (Wildman–Crippen MR) is 74.3 cm³/mol. The number of hydrogen-bond donors (Lipinski definition) is 2. The Morgan fingerprint density at radius 1 is 1.28 bits per heavy atom. The lowest BCUT2D eigenvalue weighted by Gasteiger charge is -2.28. The Labute approximate surface area is 109 Å². The fourth-order valence-electron chi connectivity index (χ4n) is 2.66. The number of benzene rings is 1. The molecule has 3 nitrogen and oxygen atoms in total. The zero-order valence-electron chi connectivity index (χ0n) is 11.0. The van der Waals surface area contributed by atoms with E-state index in [0.717, 1.165) is 12.5 Å². The lowest BCUT2D eigenvalue weighted by molar-refractivity contribution is 0.0936. The topological polar surface area (TPSA) is 55.1 Å². The van der Waals surface area contributed by atoms with Gasteiger partial charge in [-0.1, -0.05) is 26.2 Å². The number of hydrogen-bond acceptors (Lipinski definition) is 2. The van der Waals surface area contributed by atoms with Gasteiger partial charge >= 0.3 is 0 Å². The van der Waals surface area contributed by atoms with Gasteiger partial charge in [-0.2, -0.15) is 0 Å². The van der Waals surface area contributed by atoms with Crippen LogP contribution in [0.5, 0.6) is 0 Å². The first-order valence-corrected chi connectivity index (χ1v) is 6.80. The summed E-state index contributed by atoms with van der Waals surface area (Å²) < 4.78 is 0. The van der Waals surface area contributed by atoms with Crippen molar-refractivity contribution >= 4 is 11.6 Å². The molecule has 18 heavy (non-hydrogen) atoms. The van der Waals surface area contributed by atoms with Gasteiger partial charge in [-0.25, -0.2) is 0 Å². The van der Waals surface area contributed by atoms with Crippen molar-refractivity contribution in [3.8, 4) is 0 Å². The van der Waals surface area contributed by atoms with Crippen molar-refractivity contribution in [2.45, 2.75) is 32.6 Å². The summed E-state index contributed by atoms with van der Waals surface area (Å²) in [7, 11) is 0. The van der Waals surface area contributed by atoms with Gasteiger partial charge in [-0.05, 0) is 42.5 Å². The number of nitrogens with two attached hydrogens (primary N) is 1. The smallest absolute Gasteiger partial charge is 0.251 e. The minimum atomic E-state index is 0.00720. The number of nitrogens with one attached hydrogen (secondary N) is 1. The highest BCUT2D eigenvalue weighted by Crippen LogP contribution is 2.28. The van der Waals surface area contributed by atoms with Gasteiger partial charge in [0.25, 0.3) is 5.91 Å². The molecule has 1 aromatic carbocycles. The van der Waals surface area contributed by atoms with E-state index in [4.69, 9.17) is 5.73 Å². The van der Waals surface area contributed by atoms with Gasteiger partial charge in [-0.3, -0.25) is 4.79 Å². The van der Waals surface area contributed by atoms with Crippen LogP contribution in [0.4, 0.5) is 5.69 Å². The van der Waals surface area contributed by atoms with Crippen molar-refractivity contribution in [1.29, 1.82) is 0 Å². The number of carbonyl (C=O) groups is 1. The van der Waals surface area contributed by atoms with Crippen LogP contribution >= 0.6 is 0 Å². The van der Waals surface area contributed by atoms with Crippen LogP contribution in [-0.2, 0) is 0 Å². The largest absolute Gasteiger partial charge is 0.399 e. The average molecular weight is 246 g/mol. The van der Waals surface area contributed by atoms with E-state index in [0.29, 0.717) is 17.2 Å². The van der Waals surface area contributed by atoms with Crippen molar-refractivity contribution in [1.82, 2.24) is 5.32 Å². The summed E-state index contributed by atoms with van der Waals surface area (Å²) in [5, 5.41) is 3.04. The Bertz CT molecular complexity index is 399. The zero-order valence-corrected chi connectivity index (χ0v) is 11.0. The first-order chi connectivity index (χ1) is 8.66. The van der Waals surface area contributed by atoms with Gasteiger partial charge in [0.2, 0.25) is 0 Å². The first kappa shape index (κ1) is 12.9. The lowest BCUT2D eigenvalue weighted by Crippen LogP contribution is -2.33. The van der Waals surface area contributed by atoms with Gasteiger partial charge in [0.15, 0.2) is 0 Å². The zero-order chi connectivity index (χ0) is 13.0. The van der Waals surface area contributed by atoms with Crippen LogP contribution < -0.4 is 11.1 Å². The molecule has 0 aromatic heterocycles. The molecule has 1 amide bonds.